The molecule has 1 aliphatic heterocycles. The second kappa shape index (κ2) is 7.02. The second-order valence-electron chi connectivity index (χ2n) is 5.28. The molecule has 1 aromatic heterocycles. The quantitative estimate of drug-likeness (QED) is 0.693. The largest absolute Gasteiger partial charge is 0.364 e. The molecular formula is C17H18N4O2. The molecule has 1 aliphatic rings. The highest BCUT2D eigenvalue weighted by molar-refractivity contribution is 5.92. The summed E-state index contributed by atoms with van der Waals surface area (Å²) in [5.41, 5.74) is 1.98. The molecule has 0 unspecified atom stereocenters. The summed E-state index contributed by atoms with van der Waals surface area (Å²) in [7, 11) is 0. The Morgan fingerprint density at radius 2 is 2.09 bits per heavy atom. The lowest BCUT2D eigenvalue weighted by Crippen LogP contribution is -2.32. The summed E-state index contributed by atoms with van der Waals surface area (Å²) in [6.07, 6.45) is 3.45. The Balaban J connectivity index is 1.73. The van der Waals surface area contributed by atoms with Gasteiger partial charge in [0.15, 0.2) is 0 Å². The number of aliphatic imine (C=N–C) groups is 1. The number of anilines is 1. The number of aromatic nitrogens is 1. The highest BCUT2D eigenvalue weighted by atomic mass is 16.5. The van der Waals surface area contributed by atoms with Gasteiger partial charge >= 0.3 is 0 Å². The molecule has 0 saturated carbocycles. The predicted molar refractivity (Wildman–Crippen MR) is 87.9 cm³/mol. The van der Waals surface area contributed by atoms with E-state index in [4.69, 9.17) is 0 Å². The highest BCUT2D eigenvalue weighted by Crippen LogP contribution is 2.16. The summed E-state index contributed by atoms with van der Waals surface area (Å²) in [4.78, 5) is 22.7. The van der Waals surface area contributed by atoms with Crippen molar-refractivity contribution in [1.82, 2.24) is 10.0 Å². The molecule has 0 aliphatic carbocycles. The van der Waals surface area contributed by atoms with Gasteiger partial charge in [0, 0.05) is 24.6 Å². The fourth-order valence-corrected chi connectivity index (χ4v) is 2.45. The minimum Gasteiger partial charge on any atom is -0.364 e. The van der Waals surface area contributed by atoms with Crippen LogP contribution >= 0.6 is 0 Å². The number of rotatable bonds is 4. The molecule has 1 amide bonds. The Hall–Kier alpha value is -2.73. The maximum Gasteiger partial charge on any atom is 0.296 e. The molecule has 0 atom stereocenters. The van der Waals surface area contributed by atoms with Crippen LogP contribution in [0, 0.1) is 0 Å². The molecule has 0 radical (unpaired) electrons. The van der Waals surface area contributed by atoms with Crippen LogP contribution in [0.2, 0.25) is 0 Å². The van der Waals surface area contributed by atoms with Crippen molar-refractivity contribution in [2.45, 2.75) is 6.54 Å². The molecule has 1 N–H and O–H groups in total. The highest BCUT2D eigenvalue weighted by Gasteiger charge is 2.17. The number of pyridine rings is 1. The lowest BCUT2D eigenvalue weighted by molar-refractivity contribution is -0.0652. The second-order valence-corrected chi connectivity index (χ2v) is 5.28. The number of carbonyl (C=O) groups excluding carboxylic acids is 1. The molecule has 0 spiro atoms. The molecule has 23 heavy (non-hydrogen) atoms. The maximum absolute atomic E-state index is 12.4. The zero-order valence-electron chi connectivity index (χ0n) is 12.7. The van der Waals surface area contributed by atoms with Crippen molar-refractivity contribution in [2.24, 2.45) is 4.99 Å². The third-order valence-corrected chi connectivity index (χ3v) is 3.67. The number of benzene rings is 1. The van der Waals surface area contributed by atoms with Gasteiger partial charge in [0.1, 0.15) is 5.69 Å². The molecule has 0 saturated heterocycles. The minimum absolute atomic E-state index is 0.127. The molecule has 6 heteroatoms. The fourth-order valence-electron chi connectivity index (χ4n) is 2.45. The molecule has 118 valence electrons. The van der Waals surface area contributed by atoms with Crippen LogP contribution in [-0.4, -0.2) is 47.0 Å². The fraction of sp³-hybridized carbons (Fsp3) is 0.235. The Bertz CT molecular complexity index is 703. The van der Waals surface area contributed by atoms with E-state index in [9.17, 15) is 10.0 Å². The van der Waals surface area contributed by atoms with Crippen LogP contribution < -0.4 is 4.90 Å². The van der Waals surface area contributed by atoms with Crippen LogP contribution in [0.4, 0.5) is 5.69 Å². The first-order valence-corrected chi connectivity index (χ1v) is 7.48. The van der Waals surface area contributed by atoms with E-state index in [1.54, 1.807) is 12.3 Å². The summed E-state index contributed by atoms with van der Waals surface area (Å²) >= 11 is 0. The van der Waals surface area contributed by atoms with Crippen molar-refractivity contribution in [2.75, 3.05) is 24.5 Å². The van der Waals surface area contributed by atoms with Gasteiger partial charge in [-0.1, -0.05) is 30.3 Å². The van der Waals surface area contributed by atoms with Gasteiger partial charge in [0.05, 0.1) is 19.6 Å². The van der Waals surface area contributed by atoms with Crippen molar-refractivity contribution in [3.8, 4) is 0 Å². The van der Waals surface area contributed by atoms with E-state index >= 15 is 0 Å². The summed E-state index contributed by atoms with van der Waals surface area (Å²) in [5, 5.41) is 10.7. The van der Waals surface area contributed by atoms with Gasteiger partial charge in [-0.2, -0.15) is 0 Å². The Labute approximate surface area is 134 Å². The van der Waals surface area contributed by atoms with E-state index in [2.05, 4.69) is 14.9 Å². The topological polar surface area (TPSA) is 69.0 Å². The lowest BCUT2D eigenvalue weighted by Gasteiger charge is -2.25. The average molecular weight is 310 g/mol. The van der Waals surface area contributed by atoms with Gasteiger partial charge < -0.3 is 4.90 Å². The third-order valence-electron chi connectivity index (χ3n) is 3.67. The van der Waals surface area contributed by atoms with Crippen LogP contribution in [0.1, 0.15) is 16.1 Å². The summed E-state index contributed by atoms with van der Waals surface area (Å²) in [6.45, 7) is 2.39. The number of hydrogen-bond donors (Lipinski definition) is 1. The smallest absolute Gasteiger partial charge is 0.296 e. The lowest BCUT2D eigenvalue weighted by atomic mass is 10.2. The SMILES string of the molecule is O=C(c1cc(N2CC=NCC2)ccn1)N(O)Cc1ccccc1. The molecule has 2 aromatic rings. The zero-order chi connectivity index (χ0) is 16.1. The van der Waals surface area contributed by atoms with Crippen molar-refractivity contribution >= 4 is 17.8 Å². The number of hydroxylamine groups is 2. The Morgan fingerprint density at radius 3 is 2.83 bits per heavy atom. The predicted octanol–water partition coefficient (Wildman–Crippen LogP) is 2.00. The molecule has 1 aromatic carbocycles. The van der Waals surface area contributed by atoms with E-state index in [0.717, 1.165) is 24.3 Å². The van der Waals surface area contributed by atoms with Crippen LogP contribution in [0.25, 0.3) is 0 Å². The van der Waals surface area contributed by atoms with Gasteiger partial charge in [-0.25, -0.2) is 5.06 Å². The van der Waals surface area contributed by atoms with E-state index < -0.39 is 5.91 Å². The monoisotopic (exact) mass is 310 g/mol. The first kappa shape index (κ1) is 15.2. The van der Waals surface area contributed by atoms with Crippen molar-refractivity contribution < 1.29 is 10.0 Å². The molecule has 3 rings (SSSR count). The zero-order valence-corrected chi connectivity index (χ0v) is 12.7. The van der Waals surface area contributed by atoms with Crippen molar-refractivity contribution in [3.05, 3.63) is 59.9 Å². The molecule has 6 nitrogen and oxygen atoms in total. The average Bonchev–Trinajstić information content (AvgIpc) is 2.63. The van der Waals surface area contributed by atoms with E-state index in [1.165, 1.54) is 0 Å². The van der Waals surface area contributed by atoms with Crippen molar-refractivity contribution in [1.29, 1.82) is 0 Å². The van der Waals surface area contributed by atoms with Gasteiger partial charge in [-0.3, -0.25) is 20.0 Å². The molecule has 0 fully saturated rings. The molecule has 0 bridgehead atoms. The van der Waals surface area contributed by atoms with E-state index in [0.29, 0.717) is 11.6 Å². The van der Waals surface area contributed by atoms with Crippen molar-refractivity contribution in [3.63, 3.8) is 0 Å². The van der Waals surface area contributed by atoms with E-state index in [1.807, 2.05) is 42.6 Å². The Morgan fingerprint density at radius 1 is 1.26 bits per heavy atom. The third kappa shape index (κ3) is 3.73. The Kier molecular flexibility index (Phi) is 4.63. The van der Waals surface area contributed by atoms with Gasteiger partial charge in [0.2, 0.25) is 0 Å². The maximum atomic E-state index is 12.4. The molecule has 2 heterocycles. The number of hydrogen-bond acceptors (Lipinski definition) is 5. The van der Waals surface area contributed by atoms with Crippen LogP contribution in [0.3, 0.4) is 0 Å². The van der Waals surface area contributed by atoms with Gasteiger partial charge in [-0.15, -0.1) is 0 Å². The summed E-state index contributed by atoms with van der Waals surface area (Å²) in [5.74, 6) is -0.513. The molecular weight excluding hydrogens is 292 g/mol. The van der Waals surface area contributed by atoms with Gasteiger partial charge in [0.25, 0.3) is 5.91 Å². The normalized spacial score (nSPS) is 13.9. The van der Waals surface area contributed by atoms with Crippen LogP contribution in [-0.2, 0) is 6.54 Å². The number of carbonyl (C=O) groups is 1. The summed E-state index contributed by atoms with van der Waals surface area (Å²) < 4.78 is 0. The van der Waals surface area contributed by atoms with Gasteiger partial charge in [-0.05, 0) is 17.7 Å². The number of amides is 1. The summed E-state index contributed by atoms with van der Waals surface area (Å²) in [6, 6.07) is 12.9. The van der Waals surface area contributed by atoms with Crippen LogP contribution in [0.15, 0.2) is 53.7 Å². The first-order chi connectivity index (χ1) is 11.2. The van der Waals surface area contributed by atoms with Crippen LogP contribution in [0.5, 0.6) is 0 Å². The van der Waals surface area contributed by atoms with E-state index in [-0.39, 0.29) is 12.2 Å². The number of nitrogens with zero attached hydrogens (tertiary/aromatic N) is 4. The minimum atomic E-state index is -0.513. The standard InChI is InChI=1S/C17H18N4O2/c22-17(21(23)13-14-4-2-1-3-5-14)16-12-15(6-7-19-16)20-10-8-18-9-11-20/h1-8,12,23H,9-11,13H2. The first-order valence-electron chi connectivity index (χ1n) is 7.48.